The first-order chi connectivity index (χ1) is 11.2. The average Bonchev–Trinajstić information content (AvgIpc) is 2.95. The summed E-state index contributed by atoms with van der Waals surface area (Å²) in [5, 5.41) is 6.58. The van der Waals surface area contributed by atoms with Gasteiger partial charge in [0.1, 0.15) is 5.00 Å². The minimum absolute atomic E-state index is 0.111. The number of carbonyl (C=O) groups excluding carboxylic acids is 2. The number of thiocarbonyl (C=S) groups is 1. The molecule has 0 radical (unpaired) electrons. The van der Waals surface area contributed by atoms with Crippen molar-refractivity contribution in [2.75, 3.05) is 11.9 Å². The second-order valence-electron chi connectivity index (χ2n) is 7.02. The highest BCUT2D eigenvalue weighted by atomic mass is 32.1. The molecule has 0 bridgehead atoms. The third-order valence-electron chi connectivity index (χ3n) is 3.57. The quantitative estimate of drug-likeness (QED) is 0.627. The largest absolute Gasteiger partial charge is 0.462 e. The fourth-order valence-electron chi connectivity index (χ4n) is 2.70. The van der Waals surface area contributed by atoms with E-state index in [-0.39, 0.29) is 22.4 Å². The number of aryl methyl sites for hydroxylation is 1. The van der Waals surface area contributed by atoms with E-state index in [4.69, 9.17) is 17.0 Å². The normalized spacial score (nSPS) is 13.3. The number of fused-ring (bicyclic) bond motifs is 1. The molecule has 0 saturated heterocycles. The predicted octanol–water partition coefficient (Wildman–Crippen LogP) is 3.66. The number of esters is 1. The van der Waals surface area contributed by atoms with Gasteiger partial charge in [0.25, 0.3) is 0 Å². The van der Waals surface area contributed by atoms with Gasteiger partial charge < -0.3 is 15.4 Å². The third kappa shape index (κ3) is 4.77. The Labute approximate surface area is 152 Å². The zero-order valence-electron chi connectivity index (χ0n) is 14.6. The van der Waals surface area contributed by atoms with Crippen molar-refractivity contribution in [1.82, 2.24) is 5.32 Å². The Hall–Kier alpha value is -1.47. The summed E-state index contributed by atoms with van der Waals surface area (Å²) in [5.74, 6) is -0.468. The van der Waals surface area contributed by atoms with Crippen LogP contribution in [0.4, 0.5) is 5.00 Å². The maximum atomic E-state index is 12.3. The minimum atomic E-state index is -0.330. The van der Waals surface area contributed by atoms with Crippen molar-refractivity contribution in [3.8, 4) is 0 Å². The summed E-state index contributed by atoms with van der Waals surface area (Å²) >= 11 is 6.75. The van der Waals surface area contributed by atoms with Crippen LogP contribution in [0.25, 0.3) is 0 Å². The number of ether oxygens (including phenoxy) is 1. The van der Waals surface area contributed by atoms with Crippen LogP contribution in [0.1, 0.15) is 61.3 Å². The molecule has 0 unspecified atom stereocenters. The molecule has 1 aromatic heterocycles. The van der Waals surface area contributed by atoms with Crippen LogP contribution in [-0.2, 0) is 22.4 Å². The summed E-state index contributed by atoms with van der Waals surface area (Å²) in [7, 11) is 0. The van der Waals surface area contributed by atoms with Gasteiger partial charge in [-0.3, -0.25) is 4.79 Å². The topological polar surface area (TPSA) is 67.4 Å². The fourth-order valence-corrected chi connectivity index (χ4v) is 4.26. The van der Waals surface area contributed by atoms with Gasteiger partial charge in [0.2, 0.25) is 5.91 Å². The molecule has 132 valence electrons. The maximum absolute atomic E-state index is 12.3. The second-order valence-corrected chi connectivity index (χ2v) is 8.54. The zero-order chi connectivity index (χ0) is 17.9. The van der Waals surface area contributed by atoms with Crippen molar-refractivity contribution in [3.05, 3.63) is 16.0 Å². The lowest BCUT2D eigenvalue weighted by atomic mass is 9.92. The van der Waals surface area contributed by atoms with Crippen molar-refractivity contribution in [1.29, 1.82) is 0 Å². The van der Waals surface area contributed by atoms with Crippen LogP contribution in [0.2, 0.25) is 0 Å². The lowest BCUT2D eigenvalue weighted by molar-refractivity contribution is -0.121. The zero-order valence-corrected chi connectivity index (χ0v) is 16.2. The molecule has 1 aliphatic carbocycles. The van der Waals surface area contributed by atoms with Gasteiger partial charge in [-0.2, -0.15) is 0 Å². The van der Waals surface area contributed by atoms with Crippen molar-refractivity contribution in [3.63, 3.8) is 0 Å². The molecule has 0 spiro atoms. The Kier molecular flexibility index (Phi) is 5.98. The van der Waals surface area contributed by atoms with Gasteiger partial charge in [-0.1, -0.05) is 20.8 Å². The number of carbonyl (C=O) groups is 2. The van der Waals surface area contributed by atoms with E-state index < -0.39 is 0 Å². The van der Waals surface area contributed by atoms with E-state index in [1.165, 1.54) is 16.2 Å². The van der Waals surface area contributed by atoms with E-state index in [2.05, 4.69) is 10.6 Å². The molecule has 0 saturated carbocycles. The van der Waals surface area contributed by atoms with E-state index in [0.29, 0.717) is 23.6 Å². The SMILES string of the molecule is CCOC(=O)c1c(NC(=S)NC(=O)CC(C)(C)C)sc2c1CCC2. The predicted molar refractivity (Wildman–Crippen MR) is 101 cm³/mol. The first kappa shape index (κ1) is 18.9. The van der Waals surface area contributed by atoms with Crippen LogP contribution in [0.15, 0.2) is 0 Å². The lowest BCUT2D eigenvalue weighted by Gasteiger charge is -2.17. The lowest BCUT2D eigenvalue weighted by Crippen LogP contribution is -2.36. The van der Waals surface area contributed by atoms with Gasteiger partial charge in [0.15, 0.2) is 5.11 Å². The van der Waals surface area contributed by atoms with Crippen LogP contribution in [0, 0.1) is 5.41 Å². The Morgan fingerprint density at radius 2 is 2.00 bits per heavy atom. The second kappa shape index (κ2) is 7.61. The van der Waals surface area contributed by atoms with Crippen LogP contribution in [0.3, 0.4) is 0 Å². The summed E-state index contributed by atoms with van der Waals surface area (Å²) in [6.45, 7) is 8.09. The van der Waals surface area contributed by atoms with Gasteiger partial charge in [0, 0.05) is 11.3 Å². The number of hydrogen-bond donors (Lipinski definition) is 2. The number of anilines is 1. The van der Waals surface area contributed by atoms with Gasteiger partial charge in [-0.05, 0) is 49.4 Å². The first-order valence-electron chi connectivity index (χ1n) is 8.13. The molecule has 24 heavy (non-hydrogen) atoms. The molecule has 0 atom stereocenters. The molecule has 1 aliphatic rings. The molecule has 0 aromatic carbocycles. The van der Waals surface area contributed by atoms with Gasteiger partial charge >= 0.3 is 5.97 Å². The van der Waals surface area contributed by atoms with Crippen molar-refractivity contribution < 1.29 is 14.3 Å². The molecule has 2 N–H and O–H groups in total. The third-order valence-corrected chi connectivity index (χ3v) is 4.98. The van der Waals surface area contributed by atoms with Crippen LogP contribution < -0.4 is 10.6 Å². The Morgan fingerprint density at radius 1 is 1.29 bits per heavy atom. The molecular formula is C17H24N2O3S2. The van der Waals surface area contributed by atoms with Gasteiger partial charge in [0.05, 0.1) is 12.2 Å². The first-order valence-corrected chi connectivity index (χ1v) is 9.36. The van der Waals surface area contributed by atoms with Gasteiger partial charge in [-0.25, -0.2) is 4.79 Å². The Bertz CT molecular complexity index is 660. The molecule has 7 heteroatoms. The van der Waals surface area contributed by atoms with Crippen LogP contribution >= 0.6 is 23.6 Å². The van der Waals surface area contributed by atoms with Crippen molar-refractivity contribution in [2.24, 2.45) is 5.41 Å². The fraction of sp³-hybridized carbons (Fsp3) is 0.588. The molecule has 0 aliphatic heterocycles. The maximum Gasteiger partial charge on any atom is 0.341 e. The summed E-state index contributed by atoms with van der Waals surface area (Å²) < 4.78 is 5.18. The Morgan fingerprint density at radius 3 is 2.62 bits per heavy atom. The van der Waals surface area contributed by atoms with Crippen LogP contribution in [-0.4, -0.2) is 23.6 Å². The number of amides is 1. The summed E-state index contributed by atoms with van der Waals surface area (Å²) in [4.78, 5) is 25.5. The highest BCUT2D eigenvalue weighted by molar-refractivity contribution is 7.80. The van der Waals surface area contributed by atoms with Crippen LogP contribution in [0.5, 0.6) is 0 Å². The summed E-state index contributed by atoms with van der Waals surface area (Å²) in [5.41, 5.74) is 1.52. The van der Waals surface area contributed by atoms with Gasteiger partial charge in [-0.15, -0.1) is 11.3 Å². The molecule has 0 fully saturated rings. The van der Waals surface area contributed by atoms with Crippen molar-refractivity contribution in [2.45, 2.75) is 53.4 Å². The average molecular weight is 369 g/mol. The van der Waals surface area contributed by atoms with Crippen molar-refractivity contribution >= 4 is 45.5 Å². The van der Waals surface area contributed by atoms with E-state index >= 15 is 0 Å². The minimum Gasteiger partial charge on any atom is -0.462 e. The number of nitrogens with one attached hydrogen (secondary N) is 2. The molecule has 5 nitrogen and oxygen atoms in total. The molecular weight excluding hydrogens is 344 g/mol. The highest BCUT2D eigenvalue weighted by Gasteiger charge is 2.28. The molecule has 2 rings (SSSR count). The van der Waals surface area contributed by atoms with E-state index in [1.807, 2.05) is 20.8 Å². The Balaban J connectivity index is 2.11. The molecule has 1 amide bonds. The highest BCUT2D eigenvalue weighted by Crippen LogP contribution is 2.39. The smallest absolute Gasteiger partial charge is 0.341 e. The molecule has 1 heterocycles. The number of rotatable bonds is 4. The summed E-state index contributed by atoms with van der Waals surface area (Å²) in [6, 6.07) is 0. The van der Waals surface area contributed by atoms with E-state index in [0.717, 1.165) is 24.8 Å². The number of thiophene rings is 1. The molecule has 1 aromatic rings. The monoisotopic (exact) mass is 368 g/mol. The summed E-state index contributed by atoms with van der Waals surface area (Å²) in [6.07, 6.45) is 3.28. The standard InChI is InChI=1S/C17H24N2O3S2/c1-5-22-15(21)13-10-7-6-8-11(10)24-14(13)19-16(23)18-12(20)9-17(2,3)4/h5-9H2,1-4H3,(H2,18,19,20,23). The number of hydrogen-bond acceptors (Lipinski definition) is 5. The van der Waals surface area contributed by atoms with E-state index in [9.17, 15) is 9.59 Å². The van der Waals surface area contributed by atoms with E-state index in [1.54, 1.807) is 6.92 Å².